The molecule has 0 bridgehead atoms. The first-order valence-electron chi connectivity index (χ1n) is 9.01. The first kappa shape index (κ1) is 19.8. The fraction of sp³-hybridized carbons (Fsp3) is 0.650. The number of hydrogen-bond acceptors (Lipinski definition) is 2. The van der Waals surface area contributed by atoms with Crippen LogP contribution in [0.1, 0.15) is 72.3 Å². The molecule has 0 aromatic heterocycles. The first-order valence-corrected chi connectivity index (χ1v) is 9.39. The second-order valence-corrected chi connectivity index (χ2v) is 6.86. The molecule has 0 radical (unpaired) electrons. The van der Waals surface area contributed by atoms with Crippen molar-refractivity contribution in [2.45, 2.75) is 72.8 Å². The summed E-state index contributed by atoms with van der Waals surface area (Å²) in [6, 6.07) is 8.49. The lowest BCUT2D eigenvalue weighted by Gasteiger charge is -2.29. The molecule has 3 heteroatoms. The predicted octanol–water partition coefficient (Wildman–Crippen LogP) is 6.42. The fourth-order valence-electron chi connectivity index (χ4n) is 3.99. The van der Waals surface area contributed by atoms with Crippen molar-refractivity contribution in [2.24, 2.45) is 5.41 Å². The van der Waals surface area contributed by atoms with E-state index in [9.17, 15) is 0 Å². The van der Waals surface area contributed by atoms with E-state index in [1.54, 1.807) is 0 Å². The lowest BCUT2D eigenvalue weighted by molar-refractivity contribution is 0.263. The average Bonchev–Trinajstić information content (AvgIpc) is 2.86. The SMILES string of the molecule is CC.CCCC1(CCC)CC(C)N(c2ccc(C#N)c(Cl)c2)C1. The van der Waals surface area contributed by atoms with Gasteiger partial charge >= 0.3 is 0 Å². The van der Waals surface area contributed by atoms with Crippen molar-refractivity contribution < 1.29 is 0 Å². The Bertz CT molecular complexity index is 527. The van der Waals surface area contributed by atoms with Gasteiger partial charge in [0.2, 0.25) is 0 Å². The van der Waals surface area contributed by atoms with Gasteiger partial charge in [0.15, 0.2) is 0 Å². The van der Waals surface area contributed by atoms with Gasteiger partial charge in [-0.25, -0.2) is 0 Å². The molecule has 0 aliphatic carbocycles. The second-order valence-electron chi connectivity index (χ2n) is 6.46. The van der Waals surface area contributed by atoms with Crippen LogP contribution in [0.5, 0.6) is 0 Å². The standard InChI is InChI=1S/C18H25ClN2.C2H6/c1-4-8-18(9-5-2)11-14(3)21(13-18)16-7-6-15(12-20)17(19)10-16;1-2/h6-7,10,14H,4-5,8-9,11,13H2,1-3H3;1-2H3. The summed E-state index contributed by atoms with van der Waals surface area (Å²) >= 11 is 6.20. The van der Waals surface area contributed by atoms with E-state index in [0.717, 1.165) is 12.2 Å². The maximum absolute atomic E-state index is 9.00. The largest absolute Gasteiger partial charge is 0.368 e. The Morgan fingerprint density at radius 2 is 1.87 bits per heavy atom. The zero-order valence-electron chi connectivity index (χ0n) is 15.3. The number of halogens is 1. The number of hydrogen-bond donors (Lipinski definition) is 0. The van der Waals surface area contributed by atoms with E-state index in [-0.39, 0.29) is 0 Å². The summed E-state index contributed by atoms with van der Waals surface area (Å²) < 4.78 is 0. The maximum Gasteiger partial charge on any atom is 0.101 e. The topological polar surface area (TPSA) is 27.0 Å². The molecule has 1 unspecified atom stereocenters. The monoisotopic (exact) mass is 334 g/mol. The van der Waals surface area contributed by atoms with Gasteiger partial charge in [-0.2, -0.15) is 5.26 Å². The molecule has 1 aromatic rings. The molecule has 2 nitrogen and oxygen atoms in total. The minimum Gasteiger partial charge on any atom is -0.368 e. The van der Waals surface area contributed by atoms with Crippen molar-refractivity contribution in [3.05, 3.63) is 28.8 Å². The van der Waals surface area contributed by atoms with Crippen molar-refractivity contribution >= 4 is 17.3 Å². The molecule has 1 saturated heterocycles. The number of nitriles is 1. The van der Waals surface area contributed by atoms with E-state index in [2.05, 4.69) is 31.7 Å². The van der Waals surface area contributed by atoms with Crippen molar-refractivity contribution in [3.63, 3.8) is 0 Å². The van der Waals surface area contributed by atoms with E-state index in [1.807, 2.05) is 32.0 Å². The van der Waals surface area contributed by atoms with Gasteiger partial charge in [-0.3, -0.25) is 0 Å². The van der Waals surface area contributed by atoms with Gasteiger partial charge in [-0.15, -0.1) is 0 Å². The highest BCUT2D eigenvalue weighted by Crippen LogP contribution is 2.44. The Morgan fingerprint density at radius 1 is 1.26 bits per heavy atom. The molecule has 128 valence electrons. The summed E-state index contributed by atoms with van der Waals surface area (Å²) in [6.45, 7) is 12.0. The van der Waals surface area contributed by atoms with E-state index in [0.29, 0.717) is 22.0 Å². The molecule has 1 fully saturated rings. The number of anilines is 1. The van der Waals surface area contributed by atoms with Crippen LogP contribution in [0, 0.1) is 16.7 Å². The Balaban J connectivity index is 0.00000127. The molecular formula is C20H31ClN2. The zero-order valence-corrected chi connectivity index (χ0v) is 16.1. The Morgan fingerprint density at radius 3 is 2.35 bits per heavy atom. The van der Waals surface area contributed by atoms with E-state index < -0.39 is 0 Å². The number of benzene rings is 1. The molecule has 0 N–H and O–H groups in total. The number of nitrogens with zero attached hydrogens (tertiary/aromatic N) is 2. The summed E-state index contributed by atoms with van der Waals surface area (Å²) in [7, 11) is 0. The fourth-order valence-corrected chi connectivity index (χ4v) is 4.20. The van der Waals surface area contributed by atoms with Crippen molar-refractivity contribution in [1.82, 2.24) is 0 Å². The second kappa shape index (κ2) is 9.18. The quantitative estimate of drug-likeness (QED) is 0.620. The highest BCUT2D eigenvalue weighted by Gasteiger charge is 2.40. The first-order chi connectivity index (χ1) is 11.0. The van der Waals surface area contributed by atoms with E-state index in [1.165, 1.54) is 32.1 Å². The number of rotatable bonds is 5. The predicted molar refractivity (Wildman–Crippen MR) is 101 cm³/mol. The minimum absolute atomic E-state index is 0.448. The summed E-state index contributed by atoms with van der Waals surface area (Å²) in [5.74, 6) is 0. The van der Waals surface area contributed by atoms with Crippen LogP contribution in [0.2, 0.25) is 5.02 Å². The van der Waals surface area contributed by atoms with E-state index in [4.69, 9.17) is 16.9 Å². The lowest BCUT2D eigenvalue weighted by Crippen LogP contribution is -2.29. The average molecular weight is 335 g/mol. The van der Waals surface area contributed by atoms with Crippen LogP contribution < -0.4 is 4.90 Å². The minimum atomic E-state index is 0.448. The van der Waals surface area contributed by atoms with Gasteiger partial charge < -0.3 is 4.90 Å². The molecule has 2 rings (SSSR count). The molecule has 23 heavy (non-hydrogen) atoms. The third-order valence-corrected chi connectivity index (χ3v) is 5.04. The Kier molecular flexibility index (Phi) is 7.92. The summed E-state index contributed by atoms with van der Waals surface area (Å²) in [4.78, 5) is 2.47. The highest BCUT2D eigenvalue weighted by atomic mass is 35.5. The van der Waals surface area contributed by atoms with Crippen LogP contribution >= 0.6 is 11.6 Å². The zero-order chi connectivity index (χ0) is 17.5. The third-order valence-electron chi connectivity index (χ3n) is 4.73. The van der Waals surface area contributed by atoms with Gasteiger partial charge in [0.1, 0.15) is 6.07 Å². The molecular weight excluding hydrogens is 304 g/mol. The molecule has 1 heterocycles. The van der Waals surface area contributed by atoms with Crippen LogP contribution in [0.25, 0.3) is 0 Å². The lowest BCUT2D eigenvalue weighted by atomic mass is 9.77. The highest BCUT2D eigenvalue weighted by molar-refractivity contribution is 6.32. The van der Waals surface area contributed by atoms with Gasteiger partial charge in [0, 0.05) is 18.3 Å². The molecule has 0 spiro atoms. The summed E-state index contributed by atoms with van der Waals surface area (Å²) in [5.41, 5.74) is 2.16. The van der Waals surface area contributed by atoms with E-state index >= 15 is 0 Å². The van der Waals surface area contributed by atoms with Crippen LogP contribution in [-0.4, -0.2) is 12.6 Å². The third kappa shape index (κ3) is 4.64. The van der Waals surface area contributed by atoms with Crippen molar-refractivity contribution in [3.8, 4) is 6.07 Å². The van der Waals surface area contributed by atoms with Gasteiger partial charge in [-0.05, 0) is 49.8 Å². The molecule has 0 saturated carbocycles. The molecule has 1 atom stereocenters. The van der Waals surface area contributed by atoms with Gasteiger partial charge in [0.05, 0.1) is 10.6 Å². The molecule has 1 aliphatic rings. The van der Waals surface area contributed by atoms with Crippen molar-refractivity contribution in [2.75, 3.05) is 11.4 Å². The summed E-state index contributed by atoms with van der Waals surface area (Å²) in [6.07, 6.45) is 6.34. The molecule has 1 aromatic carbocycles. The maximum atomic E-state index is 9.00. The van der Waals surface area contributed by atoms with Gasteiger partial charge in [-0.1, -0.05) is 52.1 Å². The smallest absolute Gasteiger partial charge is 0.101 e. The van der Waals surface area contributed by atoms with Crippen molar-refractivity contribution in [1.29, 1.82) is 5.26 Å². The summed E-state index contributed by atoms with van der Waals surface area (Å²) in [5, 5.41) is 9.56. The van der Waals surface area contributed by atoms with Crippen LogP contribution in [-0.2, 0) is 0 Å². The van der Waals surface area contributed by atoms with Crippen LogP contribution in [0.15, 0.2) is 18.2 Å². The molecule has 0 amide bonds. The van der Waals surface area contributed by atoms with Gasteiger partial charge in [0.25, 0.3) is 0 Å². The Hall–Kier alpha value is -1.20. The van der Waals surface area contributed by atoms with Crippen LogP contribution in [0.4, 0.5) is 5.69 Å². The molecule has 1 aliphatic heterocycles. The normalized spacial score (nSPS) is 19.0. The van der Waals surface area contributed by atoms with Crippen LogP contribution in [0.3, 0.4) is 0 Å². The Labute approximate surface area is 147 Å².